The van der Waals surface area contributed by atoms with Crippen LogP contribution in [-0.4, -0.2) is 38.4 Å². The number of H-pyrrole nitrogens is 1. The maximum Gasteiger partial charge on any atom is 0.260 e. The van der Waals surface area contributed by atoms with Gasteiger partial charge in [-0.05, 0) is 13.3 Å². The van der Waals surface area contributed by atoms with Crippen molar-refractivity contribution in [1.82, 2.24) is 14.9 Å². The van der Waals surface area contributed by atoms with Gasteiger partial charge in [-0.3, -0.25) is 5.10 Å². The molecule has 8 heteroatoms. The van der Waals surface area contributed by atoms with Crippen LogP contribution in [0, 0.1) is 6.92 Å². The van der Waals surface area contributed by atoms with Gasteiger partial charge in [0.15, 0.2) is 5.03 Å². The lowest BCUT2D eigenvalue weighted by Gasteiger charge is -2.16. The molecule has 0 radical (unpaired) electrons. The lowest BCUT2D eigenvalue weighted by molar-refractivity contribution is 0.171. The lowest BCUT2D eigenvalue weighted by Crippen LogP contribution is -2.38. The third kappa shape index (κ3) is 4.00. The predicted molar refractivity (Wildman–Crippen MR) is 72.1 cm³/mol. The monoisotopic (exact) mass is 290 g/mol. The summed E-state index contributed by atoms with van der Waals surface area (Å²) in [6.07, 6.45) is 1.56. The zero-order valence-corrected chi connectivity index (χ0v) is 12.4. The third-order valence-electron chi connectivity index (χ3n) is 2.82. The third-order valence-corrected chi connectivity index (χ3v) is 4.31. The maximum absolute atomic E-state index is 12.3. The molecule has 19 heavy (non-hydrogen) atoms. The van der Waals surface area contributed by atoms with Crippen LogP contribution in [0.2, 0.25) is 0 Å². The van der Waals surface area contributed by atoms with E-state index in [1.165, 1.54) is 0 Å². The molecule has 1 atom stereocenters. The minimum absolute atomic E-state index is 0.0234. The Hall–Kier alpha value is -0.960. The zero-order valence-electron chi connectivity index (χ0n) is 11.6. The number of methoxy groups -OCH3 is 1. The fraction of sp³-hybridized carbons (Fsp3) is 0.727. The van der Waals surface area contributed by atoms with Crippen LogP contribution < -0.4 is 10.5 Å². The van der Waals surface area contributed by atoms with E-state index in [2.05, 4.69) is 14.9 Å². The summed E-state index contributed by atoms with van der Waals surface area (Å²) in [4.78, 5) is 0. The van der Waals surface area contributed by atoms with E-state index >= 15 is 0 Å². The lowest BCUT2D eigenvalue weighted by atomic mass is 10.2. The van der Waals surface area contributed by atoms with Crippen molar-refractivity contribution in [3.05, 3.63) is 11.3 Å². The normalized spacial score (nSPS) is 13.7. The minimum atomic E-state index is -3.68. The molecule has 1 rings (SSSR count). The first kappa shape index (κ1) is 16.1. The predicted octanol–water partition coefficient (Wildman–Crippen LogP) is 0.270. The second-order valence-electron chi connectivity index (χ2n) is 4.40. The van der Waals surface area contributed by atoms with Crippen LogP contribution in [0.15, 0.2) is 5.03 Å². The van der Waals surface area contributed by atoms with Crippen molar-refractivity contribution in [2.75, 3.05) is 13.7 Å². The number of nitrogens with zero attached hydrogens (tertiary/aromatic N) is 1. The van der Waals surface area contributed by atoms with Crippen molar-refractivity contribution in [2.24, 2.45) is 5.73 Å². The molecule has 0 aliphatic carbocycles. The van der Waals surface area contributed by atoms with Crippen molar-refractivity contribution in [2.45, 2.75) is 44.3 Å². The quantitative estimate of drug-likeness (QED) is 0.636. The maximum atomic E-state index is 12.3. The van der Waals surface area contributed by atoms with Crippen LogP contribution in [0.1, 0.15) is 31.0 Å². The fourth-order valence-electron chi connectivity index (χ4n) is 1.89. The standard InChI is InChI=1S/C11H22N4O3S/c1-4-5-9(7-18-3)15-19(16,17)11-10(6-12)8(2)13-14-11/h9,15H,4-7,12H2,1-3H3,(H,13,14). The first-order chi connectivity index (χ1) is 8.96. The van der Waals surface area contributed by atoms with E-state index in [1.54, 1.807) is 14.0 Å². The molecule has 110 valence electrons. The SMILES string of the molecule is CCCC(COC)NS(=O)(=O)c1n[nH]c(C)c1CN. The zero-order chi connectivity index (χ0) is 14.5. The molecule has 0 saturated heterocycles. The Morgan fingerprint density at radius 3 is 2.74 bits per heavy atom. The van der Waals surface area contributed by atoms with Gasteiger partial charge in [-0.15, -0.1) is 0 Å². The van der Waals surface area contributed by atoms with Crippen LogP contribution in [0.5, 0.6) is 0 Å². The largest absolute Gasteiger partial charge is 0.383 e. The van der Waals surface area contributed by atoms with Gasteiger partial charge in [0.25, 0.3) is 10.0 Å². The molecule has 7 nitrogen and oxygen atoms in total. The molecule has 0 aromatic carbocycles. The van der Waals surface area contributed by atoms with Gasteiger partial charge in [0.1, 0.15) is 0 Å². The fourth-order valence-corrected chi connectivity index (χ4v) is 3.36. The second-order valence-corrected chi connectivity index (χ2v) is 6.03. The highest BCUT2D eigenvalue weighted by molar-refractivity contribution is 7.89. The number of hydrogen-bond donors (Lipinski definition) is 3. The summed E-state index contributed by atoms with van der Waals surface area (Å²) in [5.41, 5.74) is 6.75. The van der Waals surface area contributed by atoms with E-state index in [1.807, 2.05) is 6.92 Å². The van der Waals surface area contributed by atoms with Gasteiger partial charge in [-0.2, -0.15) is 5.10 Å². The van der Waals surface area contributed by atoms with E-state index < -0.39 is 10.0 Å². The molecule has 0 bridgehead atoms. The van der Waals surface area contributed by atoms with E-state index in [4.69, 9.17) is 10.5 Å². The van der Waals surface area contributed by atoms with Gasteiger partial charge >= 0.3 is 0 Å². The first-order valence-electron chi connectivity index (χ1n) is 6.21. The highest BCUT2D eigenvalue weighted by Crippen LogP contribution is 2.16. The number of nitrogens with one attached hydrogen (secondary N) is 2. The molecule has 0 fully saturated rings. The van der Waals surface area contributed by atoms with Crippen LogP contribution in [0.4, 0.5) is 0 Å². The number of aromatic amines is 1. The number of nitrogens with two attached hydrogens (primary N) is 1. The van der Waals surface area contributed by atoms with Crippen LogP contribution in [0.3, 0.4) is 0 Å². The molecule has 0 spiro atoms. The van der Waals surface area contributed by atoms with Gasteiger partial charge in [0.05, 0.1) is 6.61 Å². The number of rotatable bonds is 8. The van der Waals surface area contributed by atoms with E-state index in [0.717, 1.165) is 6.42 Å². The van der Waals surface area contributed by atoms with E-state index in [0.29, 0.717) is 24.3 Å². The summed E-state index contributed by atoms with van der Waals surface area (Å²) in [7, 11) is -2.14. The second kappa shape index (κ2) is 6.99. The van der Waals surface area contributed by atoms with Crippen molar-refractivity contribution in [1.29, 1.82) is 0 Å². The molecular weight excluding hydrogens is 268 g/mol. The van der Waals surface area contributed by atoms with Gasteiger partial charge < -0.3 is 10.5 Å². The summed E-state index contributed by atoms with van der Waals surface area (Å²) >= 11 is 0. The van der Waals surface area contributed by atoms with Crippen molar-refractivity contribution in [3.8, 4) is 0 Å². The number of aryl methyl sites for hydroxylation is 1. The smallest absolute Gasteiger partial charge is 0.260 e. The molecule has 4 N–H and O–H groups in total. The molecule has 0 aliphatic heterocycles. The van der Waals surface area contributed by atoms with Crippen molar-refractivity contribution in [3.63, 3.8) is 0 Å². The molecule has 0 saturated carbocycles. The Labute approximate surface area is 114 Å². The summed E-state index contributed by atoms with van der Waals surface area (Å²) in [6.45, 7) is 4.18. The van der Waals surface area contributed by atoms with E-state index in [9.17, 15) is 8.42 Å². The molecule has 1 heterocycles. The van der Waals surface area contributed by atoms with Crippen molar-refractivity contribution < 1.29 is 13.2 Å². The van der Waals surface area contributed by atoms with Gasteiger partial charge in [0, 0.05) is 31.0 Å². The molecular formula is C11H22N4O3S. The summed E-state index contributed by atoms with van der Waals surface area (Å²) in [5, 5.41) is 6.46. The van der Waals surface area contributed by atoms with Crippen molar-refractivity contribution >= 4 is 10.0 Å². The van der Waals surface area contributed by atoms with Gasteiger partial charge in [-0.25, -0.2) is 13.1 Å². The average molecular weight is 290 g/mol. The molecule has 1 aromatic heterocycles. The Bertz CT molecular complexity index is 492. The molecule has 1 aromatic rings. The van der Waals surface area contributed by atoms with Crippen LogP contribution in [-0.2, 0) is 21.3 Å². The molecule has 0 amide bonds. The highest BCUT2D eigenvalue weighted by atomic mass is 32.2. The first-order valence-corrected chi connectivity index (χ1v) is 7.69. The summed E-state index contributed by atoms with van der Waals surface area (Å²) in [6, 6.07) is -0.261. The Morgan fingerprint density at radius 1 is 1.53 bits per heavy atom. The van der Waals surface area contributed by atoms with Gasteiger partial charge in [-0.1, -0.05) is 13.3 Å². The minimum Gasteiger partial charge on any atom is -0.383 e. The Morgan fingerprint density at radius 2 is 2.21 bits per heavy atom. The number of sulfonamides is 1. The Balaban J connectivity index is 2.96. The summed E-state index contributed by atoms with van der Waals surface area (Å²) in [5.74, 6) is 0. The number of ether oxygens (including phenoxy) is 1. The van der Waals surface area contributed by atoms with Gasteiger partial charge in [0.2, 0.25) is 0 Å². The Kier molecular flexibility index (Phi) is 5.92. The average Bonchev–Trinajstić information content (AvgIpc) is 2.71. The van der Waals surface area contributed by atoms with Crippen LogP contribution in [0.25, 0.3) is 0 Å². The summed E-state index contributed by atoms with van der Waals surface area (Å²) < 4.78 is 32.2. The molecule has 0 aliphatic rings. The topological polar surface area (TPSA) is 110 Å². The van der Waals surface area contributed by atoms with Crippen LogP contribution >= 0.6 is 0 Å². The number of hydrogen-bond acceptors (Lipinski definition) is 5. The number of aromatic nitrogens is 2. The highest BCUT2D eigenvalue weighted by Gasteiger charge is 2.25. The molecule has 1 unspecified atom stereocenters. The van der Waals surface area contributed by atoms with E-state index in [-0.39, 0.29) is 17.6 Å².